The molecule has 0 bridgehead atoms. The van der Waals surface area contributed by atoms with Crippen molar-refractivity contribution < 1.29 is 18.3 Å². The number of alkyl halides is 3. The molecule has 112 valence electrons. The second-order valence-electron chi connectivity index (χ2n) is 5.72. The molecule has 2 fully saturated rings. The van der Waals surface area contributed by atoms with Crippen molar-refractivity contribution in [3.8, 4) is 0 Å². The molecule has 19 heavy (non-hydrogen) atoms. The van der Waals surface area contributed by atoms with Gasteiger partial charge in [-0.3, -0.25) is 0 Å². The number of aliphatic hydroxyl groups excluding tert-OH is 1. The van der Waals surface area contributed by atoms with Gasteiger partial charge in [-0.05, 0) is 38.1 Å². The average Bonchev–Trinajstić information content (AvgIpc) is 2.88. The summed E-state index contributed by atoms with van der Waals surface area (Å²) in [4.78, 5) is 0. The topological polar surface area (TPSA) is 44.3 Å². The maximum atomic E-state index is 12.3. The van der Waals surface area contributed by atoms with Gasteiger partial charge in [-0.2, -0.15) is 13.2 Å². The molecule has 1 aliphatic carbocycles. The summed E-state index contributed by atoms with van der Waals surface area (Å²) in [5.41, 5.74) is 0. The summed E-state index contributed by atoms with van der Waals surface area (Å²) in [6, 6.07) is 0.530. The number of halogens is 3. The zero-order valence-corrected chi connectivity index (χ0v) is 11.0. The lowest BCUT2D eigenvalue weighted by Gasteiger charge is -2.37. The largest absolute Gasteiger partial charge is 0.415 e. The summed E-state index contributed by atoms with van der Waals surface area (Å²) >= 11 is 0. The molecule has 2 rings (SSSR count). The summed E-state index contributed by atoms with van der Waals surface area (Å²) in [6.07, 6.45) is -0.324. The molecule has 0 aromatic heterocycles. The molecule has 1 saturated carbocycles. The van der Waals surface area contributed by atoms with Crippen molar-refractivity contribution in [2.75, 3.05) is 13.1 Å². The summed E-state index contributed by atoms with van der Waals surface area (Å²) in [5.74, 6) is 0.400. The van der Waals surface area contributed by atoms with Gasteiger partial charge in [0.2, 0.25) is 0 Å². The van der Waals surface area contributed by atoms with E-state index in [0.717, 1.165) is 45.1 Å². The second kappa shape index (κ2) is 6.41. The Kier molecular flexibility index (Phi) is 5.09. The molecule has 0 aromatic carbocycles. The number of aliphatic hydroxyl groups is 1. The fourth-order valence-electron chi connectivity index (χ4n) is 3.35. The highest BCUT2D eigenvalue weighted by Crippen LogP contribution is 2.31. The quantitative estimate of drug-likeness (QED) is 0.736. The van der Waals surface area contributed by atoms with Crippen LogP contribution in [-0.4, -0.2) is 42.6 Å². The van der Waals surface area contributed by atoms with Crippen molar-refractivity contribution in [2.24, 2.45) is 5.92 Å². The Morgan fingerprint density at radius 1 is 1.16 bits per heavy atom. The van der Waals surface area contributed by atoms with Crippen LogP contribution < -0.4 is 10.6 Å². The third kappa shape index (κ3) is 4.07. The molecule has 1 saturated heterocycles. The van der Waals surface area contributed by atoms with Gasteiger partial charge >= 0.3 is 6.18 Å². The smallest absolute Gasteiger partial charge is 0.382 e. The summed E-state index contributed by atoms with van der Waals surface area (Å²) < 4.78 is 36.9. The number of rotatable bonds is 4. The number of hydrogen-bond acceptors (Lipinski definition) is 3. The molecule has 2 aliphatic rings. The molecule has 0 aromatic rings. The Labute approximate surface area is 111 Å². The van der Waals surface area contributed by atoms with Crippen LogP contribution >= 0.6 is 0 Å². The molecule has 0 amide bonds. The van der Waals surface area contributed by atoms with Crippen molar-refractivity contribution in [2.45, 2.75) is 62.9 Å². The Morgan fingerprint density at radius 2 is 1.89 bits per heavy atom. The first-order valence-electron chi connectivity index (χ1n) is 7.20. The molecule has 1 aliphatic heterocycles. The van der Waals surface area contributed by atoms with Crippen molar-refractivity contribution in [3.05, 3.63) is 0 Å². The van der Waals surface area contributed by atoms with Gasteiger partial charge < -0.3 is 15.7 Å². The number of nitrogens with one attached hydrogen (secondary N) is 2. The van der Waals surface area contributed by atoms with E-state index in [4.69, 9.17) is 5.11 Å². The van der Waals surface area contributed by atoms with E-state index in [0.29, 0.717) is 12.0 Å². The highest BCUT2D eigenvalue weighted by Gasteiger charge is 2.39. The molecule has 3 N–H and O–H groups in total. The fourth-order valence-corrected chi connectivity index (χ4v) is 3.35. The van der Waals surface area contributed by atoms with Crippen molar-refractivity contribution >= 4 is 0 Å². The highest BCUT2D eigenvalue weighted by atomic mass is 19.4. The van der Waals surface area contributed by atoms with Gasteiger partial charge in [0.25, 0.3) is 0 Å². The van der Waals surface area contributed by atoms with Gasteiger partial charge in [-0.25, -0.2) is 0 Å². The minimum absolute atomic E-state index is 0.0985. The third-order valence-corrected chi connectivity index (χ3v) is 4.39. The van der Waals surface area contributed by atoms with Gasteiger partial charge in [-0.1, -0.05) is 12.8 Å². The number of hydrogen-bond donors (Lipinski definition) is 3. The van der Waals surface area contributed by atoms with Gasteiger partial charge in [0.1, 0.15) is 0 Å². The van der Waals surface area contributed by atoms with E-state index in [1.807, 2.05) is 0 Å². The molecule has 4 unspecified atom stereocenters. The van der Waals surface area contributed by atoms with Crippen molar-refractivity contribution in [3.63, 3.8) is 0 Å². The Hall–Kier alpha value is -0.330. The fraction of sp³-hybridized carbons (Fsp3) is 1.00. The Balaban J connectivity index is 1.85. The van der Waals surface area contributed by atoms with Crippen LogP contribution in [0, 0.1) is 5.92 Å². The van der Waals surface area contributed by atoms with E-state index in [1.165, 1.54) is 0 Å². The van der Waals surface area contributed by atoms with Crippen LogP contribution in [0.25, 0.3) is 0 Å². The van der Waals surface area contributed by atoms with Gasteiger partial charge in [0.05, 0.1) is 0 Å². The van der Waals surface area contributed by atoms with Gasteiger partial charge in [0.15, 0.2) is 6.10 Å². The SMILES string of the molecule is OC(CNC1CCCCC1C1CCCN1)C(F)(F)F. The lowest BCUT2D eigenvalue weighted by Crippen LogP contribution is -2.50. The van der Waals surface area contributed by atoms with E-state index in [9.17, 15) is 13.2 Å². The predicted molar refractivity (Wildman–Crippen MR) is 66.8 cm³/mol. The highest BCUT2D eigenvalue weighted by molar-refractivity contribution is 4.92. The Bertz CT molecular complexity index is 280. The van der Waals surface area contributed by atoms with Gasteiger partial charge in [0, 0.05) is 18.6 Å². The summed E-state index contributed by atoms with van der Waals surface area (Å²) in [7, 11) is 0. The first-order valence-corrected chi connectivity index (χ1v) is 7.20. The van der Waals surface area contributed by atoms with E-state index in [1.54, 1.807) is 0 Å². The van der Waals surface area contributed by atoms with Crippen molar-refractivity contribution in [1.29, 1.82) is 0 Å². The zero-order chi connectivity index (χ0) is 13.9. The monoisotopic (exact) mass is 280 g/mol. The normalized spacial score (nSPS) is 34.4. The first kappa shape index (κ1) is 15.1. The minimum Gasteiger partial charge on any atom is -0.382 e. The standard InChI is InChI=1S/C13H23F3N2O/c14-13(15,16)12(19)8-18-11-5-2-1-4-9(11)10-6-3-7-17-10/h9-12,17-19H,1-8H2. The zero-order valence-electron chi connectivity index (χ0n) is 11.0. The predicted octanol–water partition coefficient (Wildman–Crippen LogP) is 1.81. The molecular formula is C13H23F3N2O. The summed E-state index contributed by atoms with van der Waals surface area (Å²) in [5, 5.41) is 15.5. The van der Waals surface area contributed by atoms with Crippen LogP contribution in [0.3, 0.4) is 0 Å². The molecule has 0 spiro atoms. The van der Waals surface area contributed by atoms with Crippen LogP contribution in [-0.2, 0) is 0 Å². The summed E-state index contributed by atoms with van der Waals surface area (Å²) in [6.45, 7) is 0.621. The van der Waals surface area contributed by atoms with Crippen LogP contribution in [0.4, 0.5) is 13.2 Å². The lowest BCUT2D eigenvalue weighted by atomic mass is 9.79. The minimum atomic E-state index is -4.53. The Morgan fingerprint density at radius 3 is 2.53 bits per heavy atom. The molecule has 3 nitrogen and oxygen atoms in total. The second-order valence-corrected chi connectivity index (χ2v) is 5.72. The van der Waals surface area contributed by atoms with Crippen LogP contribution in [0.15, 0.2) is 0 Å². The van der Waals surface area contributed by atoms with E-state index < -0.39 is 18.8 Å². The molecule has 4 atom stereocenters. The lowest BCUT2D eigenvalue weighted by molar-refractivity contribution is -0.202. The van der Waals surface area contributed by atoms with E-state index >= 15 is 0 Å². The van der Waals surface area contributed by atoms with Crippen LogP contribution in [0.2, 0.25) is 0 Å². The van der Waals surface area contributed by atoms with E-state index in [-0.39, 0.29) is 6.04 Å². The molecule has 0 radical (unpaired) electrons. The first-order chi connectivity index (χ1) is 8.98. The molecule has 1 heterocycles. The maximum Gasteiger partial charge on any atom is 0.415 e. The third-order valence-electron chi connectivity index (χ3n) is 4.39. The molecular weight excluding hydrogens is 257 g/mol. The average molecular weight is 280 g/mol. The molecule has 6 heteroatoms. The van der Waals surface area contributed by atoms with Crippen LogP contribution in [0.5, 0.6) is 0 Å². The maximum absolute atomic E-state index is 12.3. The van der Waals surface area contributed by atoms with E-state index in [2.05, 4.69) is 10.6 Å². The van der Waals surface area contributed by atoms with Crippen LogP contribution in [0.1, 0.15) is 38.5 Å². The van der Waals surface area contributed by atoms with Gasteiger partial charge in [-0.15, -0.1) is 0 Å². The van der Waals surface area contributed by atoms with Crippen molar-refractivity contribution in [1.82, 2.24) is 10.6 Å².